The van der Waals surface area contributed by atoms with Gasteiger partial charge in [0.1, 0.15) is 17.2 Å². The quantitative estimate of drug-likeness (QED) is 0.394. The van der Waals surface area contributed by atoms with E-state index in [4.69, 9.17) is 4.42 Å². The first-order valence-electron chi connectivity index (χ1n) is 12.3. The van der Waals surface area contributed by atoms with Crippen LogP contribution in [0, 0.1) is 11.3 Å². The van der Waals surface area contributed by atoms with Gasteiger partial charge in [0.05, 0.1) is 0 Å². The van der Waals surface area contributed by atoms with Crippen molar-refractivity contribution in [2.24, 2.45) is 0 Å². The van der Waals surface area contributed by atoms with Crippen molar-refractivity contribution >= 4 is 28.4 Å². The molecule has 0 unspecified atom stereocenters. The normalized spacial score (nSPS) is 17.3. The smallest absolute Gasteiger partial charge is 0.238 e. The standard InChI is InChI=1S/C30H30N4O/c1-4-33-16-8-9-23-18-22(13-15-28(23)33)12-14-25-19-24(17-21(3)34(25)5-2)26(20-31)30-32-27-10-6-7-11-29(27)35-30/h6-7,10-15,17-19H,4-5,8-9,16H2,1-3H3. The van der Waals surface area contributed by atoms with Crippen LogP contribution in [0.2, 0.25) is 0 Å². The van der Waals surface area contributed by atoms with Gasteiger partial charge in [-0.3, -0.25) is 0 Å². The number of oxazole rings is 1. The lowest BCUT2D eigenvalue weighted by atomic mass is 9.98. The largest absolute Gasteiger partial charge is 0.435 e. The molecule has 5 nitrogen and oxygen atoms in total. The van der Waals surface area contributed by atoms with Gasteiger partial charge in [-0.05, 0) is 87.2 Å². The summed E-state index contributed by atoms with van der Waals surface area (Å²) < 4.78 is 5.91. The van der Waals surface area contributed by atoms with Crippen molar-refractivity contribution in [1.29, 1.82) is 5.26 Å². The Morgan fingerprint density at radius 3 is 2.74 bits per heavy atom. The van der Waals surface area contributed by atoms with Crippen LogP contribution < -0.4 is 4.90 Å². The summed E-state index contributed by atoms with van der Waals surface area (Å²) in [6, 6.07) is 16.7. The number of fused-ring (bicyclic) bond motifs is 2. The third-order valence-corrected chi connectivity index (χ3v) is 6.78. The monoisotopic (exact) mass is 462 g/mol. The van der Waals surface area contributed by atoms with E-state index in [1.54, 1.807) is 0 Å². The molecule has 0 bridgehead atoms. The summed E-state index contributed by atoms with van der Waals surface area (Å²) in [5.74, 6) is 0.354. The van der Waals surface area contributed by atoms with Crippen LogP contribution in [0.25, 0.3) is 22.7 Å². The average molecular weight is 463 g/mol. The maximum Gasteiger partial charge on any atom is 0.238 e. The fourth-order valence-electron chi connectivity index (χ4n) is 5.02. The number of hydrogen-bond acceptors (Lipinski definition) is 5. The van der Waals surface area contributed by atoms with Crippen LogP contribution in [0.1, 0.15) is 44.2 Å². The van der Waals surface area contributed by atoms with E-state index in [1.807, 2.05) is 30.3 Å². The van der Waals surface area contributed by atoms with Crippen molar-refractivity contribution in [2.75, 3.05) is 24.5 Å². The Morgan fingerprint density at radius 1 is 1.11 bits per heavy atom. The van der Waals surface area contributed by atoms with Crippen LogP contribution in [0.3, 0.4) is 0 Å². The van der Waals surface area contributed by atoms with Gasteiger partial charge in [0.15, 0.2) is 5.58 Å². The summed E-state index contributed by atoms with van der Waals surface area (Å²) in [5.41, 5.74) is 8.78. The Hall–Kier alpha value is -4.04. The topological polar surface area (TPSA) is 56.3 Å². The van der Waals surface area contributed by atoms with E-state index in [1.165, 1.54) is 23.2 Å². The fourth-order valence-corrected chi connectivity index (χ4v) is 5.02. The highest BCUT2D eigenvalue weighted by atomic mass is 16.3. The summed E-state index contributed by atoms with van der Waals surface area (Å²) in [6.45, 7) is 9.45. The first-order chi connectivity index (χ1) is 17.1. The molecular formula is C30H30N4O. The molecule has 0 radical (unpaired) electrons. The molecule has 0 atom stereocenters. The van der Waals surface area contributed by atoms with Crippen LogP contribution in [-0.2, 0) is 6.42 Å². The molecule has 5 heteroatoms. The van der Waals surface area contributed by atoms with Crippen LogP contribution in [0.4, 0.5) is 5.69 Å². The molecule has 0 saturated carbocycles. The molecule has 3 heterocycles. The van der Waals surface area contributed by atoms with E-state index in [9.17, 15) is 5.26 Å². The zero-order valence-corrected chi connectivity index (χ0v) is 20.6. The summed E-state index contributed by atoms with van der Waals surface area (Å²) in [6.07, 6.45) is 10.7. The highest BCUT2D eigenvalue weighted by Gasteiger charge is 2.20. The van der Waals surface area contributed by atoms with Crippen molar-refractivity contribution < 1.29 is 4.42 Å². The maximum atomic E-state index is 10.0. The van der Waals surface area contributed by atoms with Gasteiger partial charge in [0.2, 0.25) is 5.89 Å². The molecular weight excluding hydrogens is 432 g/mol. The number of nitriles is 1. The van der Waals surface area contributed by atoms with E-state index >= 15 is 0 Å². The van der Waals surface area contributed by atoms with Crippen molar-refractivity contribution in [1.82, 2.24) is 9.88 Å². The van der Waals surface area contributed by atoms with Gasteiger partial charge in [-0.15, -0.1) is 0 Å². The number of benzene rings is 2. The SMILES string of the molecule is CCN1C(C)=CC(=C(C#N)c2nc3ccccc3o2)C=C1C=Cc1ccc2c(c1)CCCN2CC. The predicted molar refractivity (Wildman–Crippen MR) is 142 cm³/mol. The highest BCUT2D eigenvalue weighted by molar-refractivity contribution is 5.84. The molecule has 0 aliphatic carbocycles. The van der Waals surface area contributed by atoms with Crippen LogP contribution in [0.15, 0.2) is 82.1 Å². The Morgan fingerprint density at radius 2 is 1.97 bits per heavy atom. The van der Waals surface area contributed by atoms with Crippen molar-refractivity contribution in [3.05, 3.63) is 94.7 Å². The summed E-state index contributed by atoms with van der Waals surface area (Å²) >= 11 is 0. The molecule has 1 aromatic heterocycles. The number of allylic oxidation sites excluding steroid dienone is 6. The number of nitrogens with zero attached hydrogens (tertiary/aromatic N) is 4. The Labute approximate surface area is 207 Å². The zero-order chi connectivity index (χ0) is 24.4. The van der Waals surface area contributed by atoms with Gasteiger partial charge >= 0.3 is 0 Å². The number of rotatable bonds is 5. The zero-order valence-electron chi connectivity index (χ0n) is 20.6. The molecule has 3 aromatic rings. The lowest BCUT2D eigenvalue weighted by Gasteiger charge is -2.30. The van der Waals surface area contributed by atoms with Crippen LogP contribution in [-0.4, -0.2) is 29.5 Å². The molecule has 176 valence electrons. The third kappa shape index (κ3) is 4.40. The minimum Gasteiger partial charge on any atom is -0.435 e. The third-order valence-electron chi connectivity index (χ3n) is 6.78. The van der Waals surface area contributed by atoms with E-state index in [2.05, 4.69) is 78.1 Å². The fraction of sp³-hybridized carbons (Fsp3) is 0.267. The molecule has 2 aliphatic rings. The molecule has 0 N–H and O–H groups in total. The summed E-state index contributed by atoms with van der Waals surface area (Å²) in [5, 5.41) is 10.0. The van der Waals surface area contributed by atoms with E-state index in [0.717, 1.165) is 48.5 Å². The first-order valence-corrected chi connectivity index (χ1v) is 12.3. The Kier molecular flexibility index (Phi) is 6.29. The first kappa shape index (κ1) is 22.7. The Balaban J connectivity index is 1.51. The average Bonchev–Trinajstić information content (AvgIpc) is 3.31. The van der Waals surface area contributed by atoms with Gasteiger partial charge in [-0.25, -0.2) is 4.98 Å². The minimum atomic E-state index is 0.354. The molecule has 0 spiro atoms. The lowest BCUT2D eigenvalue weighted by Crippen LogP contribution is -2.28. The maximum absolute atomic E-state index is 10.0. The number of aryl methyl sites for hydroxylation is 1. The molecule has 0 fully saturated rings. The van der Waals surface area contributed by atoms with Crippen LogP contribution >= 0.6 is 0 Å². The number of para-hydroxylation sites is 2. The van der Waals surface area contributed by atoms with Crippen LogP contribution in [0.5, 0.6) is 0 Å². The second-order valence-electron chi connectivity index (χ2n) is 8.93. The molecule has 2 aliphatic heterocycles. The Bertz CT molecular complexity index is 1400. The lowest BCUT2D eigenvalue weighted by molar-refractivity contribution is 0.460. The molecule has 2 aromatic carbocycles. The van der Waals surface area contributed by atoms with Gasteiger partial charge in [0.25, 0.3) is 0 Å². The van der Waals surface area contributed by atoms with E-state index in [-0.39, 0.29) is 0 Å². The second kappa shape index (κ2) is 9.68. The van der Waals surface area contributed by atoms with E-state index in [0.29, 0.717) is 17.0 Å². The van der Waals surface area contributed by atoms with Crippen molar-refractivity contribution in [2.45, 2.75) is 33.6 Å². The van der Waals surface area contributed by atoms with Crippen molar-refractivity contribution in [3.8, 4) is 6.07 Å². The predicted octanol–water partition coefficient (Wildman–Crippen LogP) is 6.71. The summed E-state index contributed by atoms with van der Waals surface area (Å²) in [7, 11) is 0. The van der Waals surface area contributed by atoms with Gasteiger partial charge in [-0.1, -0.05) is 24.3 Å². The molecule has 5 rings (SSSR count). The number of aromatic nitrogens is 1. The second-order valence-corrected chi connectivity index (χ2v) is 8.93. The number of anilines is 1. The molecule has 0 saturated heterocycles. The van der Waals surface area contributed by atoms with Gasteiger partial charge in [-0.2, -0.15) is 5.26 Å². The molecule has 0 amide bonds. The van der Waals surface area contributed by atoms with E-state index < -0.39 is 0 Å². The number of likely N-dealkylation sites (N-methyl/N-ethyl adjacent to an activating group) is 1. The summed E-state index contributed by atoms with van der Waals surface area (Å²) in [4.78, 5) is 9.26. The minimum absolute atomic E-state index is 0.354. The number of hydrogen-bond donors (Lipinski definition) is 0. The van der Waals surface area contributed by atoms with Gasteiger partial charge < -0.3 is 14.2 Å². The van der Waals surface area contributed by atoms with Crippen molar-refractivity contribution in [3.63, 3.8) is 0 Å². The van der Waals surface area contributed by atoms with Gasteiger partial charge in [0, 0.05) is 42.3 Å². The molecule has 35 heavy (non-hydrogen) atoms. The highest BCUT2D eigenvalue weighted by Crippen LogP contribution is 2.32.